The third-order valence-electron chi connectivity index (χ3n) is 4.60. The van der Waals surface area contributed by atoms with E-state index < -0.39 is 0 Å². The number of aryl methyl sites for hydroxylation is 1. The first-order valence-electron chi connectivity index (χ1n) is 9.03. The van der Waals surface area contributed by atoms with Crippen LogP contribution in [0.4, 0.5) is 0 Å². The fourth-order valence-electron chi connectivity index (χ4n) is 3.11. The molecule has 0 saturated heterocycles. The molecule has 0 unspecified atom stereocenters. The number of ether oxygens (including phenoxy) is 1. The van der Waals surface area contributed by atoms with Gasteiger partial charge in [0.1, 0.15) is 0 Å². The van der Waals surface area contributed by atoms with Crippen LogP contribution in [0.1, 0.15) is 34.6 Å². The summed E-state index contributed by atoms with van der Waals surface area (Å²) in [6, 6.07) is 30.1. The Kier molecular flexibility index (Phi) is 6.42. The van der Waals surface area contributed by atoms with Crippen molar-refractivity contribution in [2.24, 2.45) is 0 Å². The third kappa shape index (κ3) is 5.58. The maximum absolute atomic E-state index is 5.93. The van der Waals surface area contributed by atoms with Crippen LogP contribution in [0, 0.1) is 6.92 Å². The first-order valence-corrected chi connectivity index (χ1v) is 9.03. The lowest BCUT2D eigenvalue weighted by Crippen LogP contribution is -2.07. The quantitative estimate of drug-likeness (QED) is 0.465. The second-order valence-corrected chi connectivity index (χ2v) is 6.62. The normalized spacial score (nSPS) is 12.0. The van der Waals surface area contributed by atoms with Gasteiger partial charge in [-0.2, -0.15) is 0 Å². The Balaban J connectivity index is 1.60. The molecule has 128 valence electrons. The highest BCUT2D eigenvalue weighted by Crippen LogP contribution is 2.25. The summed E-state index contributed by atoms with van der Waals surface area (Å²) in [5.41, 5.74) is 5.33. The molecule has 0 spiro atoms. The minimum absolute atomic E-state index is 0.485. The van der Waals surface area contributed by atoms with E-state index in [1.54, 1.807) is 0 Å². The van der Waals surface area contributed by atoms with Gasteiger partial charge in [0.2, 0.25) is 0 Å². The molecule has 0 bridgehead atoms. The van der Waals surface area contributed by atoms with Gasteiger partial charge in [-0.25, -0.2) is 0 Å². The molecular formula is C24H26O. The molecule has 1 nitrogen and oxygen atoms in total. The minimum Gasteiger partial charge on any atom is -0.377 e. The number of benzene rings is 3. The molecule has 0 heterocycles. The van der Waals surface area contributed by atoms with Gasteiger partial charge < -0.3 is 4.74 Å². The number of hydrogen-bond donors (Lipinski definition) is 0. The zero-order chi connectivity index (χ0) is 17.3. The van der Waals surface area contributed by atoms with Crippen LogP contribution in [-0.4, -0.2) is 6.61 Å². The van der Waals surface area contributed by atoms with Gasteiger partial charge in [0, 0.05) is 6.61 Å². The molecule has 1 atom stereocenters. The smallest absolute Gasteiger partial charge is 0.0716 e. The van der Waals surface area contributed by atoms with E-state index in [-0.39, 0.29) is 0 Å². The zero-order valence-corrected chi connectivity index (χ0v) is 14.9. The maximum Gasteiger partial charge on any atom is 0.0716 e. The second-order valence-electron chi connectivity index (χ2n) is 6.62. The van der Waals surface area contributed by atoms with E-state index in [4.69, 9.17) is 4.74 Å². The lowest BCUT2D eigenvalue weighted by molar-refractivity contribution is 0.113. The predicted octanol–water partition coefficient (Wildman–Crippen LogP) is 5.93. The first-order chi connectivity index (χ1) is 12.3. The molecule has 0 aliphatic rings. The van der Waals surface area contributed by atoms with Gasteiger partial charge in [0.25, 0.3) is 0 Å². The summed E-state index contributed by atoms with van der Waals surface area (Å²) in [4.78, 5) is 0. The van der Waals surface area contributed by atoms with Crippen molar-refractivity contribution in [1.29, 1.82) is 0 Å². The molecule has 0 radical (unpaired) electrons. The highest BCUT2D eigenvalue weighted by molar-refractivity contribution is 5.27. The zero-order valence-electron chi connectivity index (χ0n) is 14.9. The maximum atomic E-state index is 5.93. The Morgan fingerprint density at radius 3 is 1.96 bits per heavy atom. The van der Waals surface area contributed by atoms with Crippen LogP contribution in [-0.2, 0) is 17.8 Å². The van der Waals surface area contributed by atoms with Crippen molar-refractivity contribution in [3.63, 3.8) is 0 Å². The minimum atomic E-state index is 0.485. The summed E-state index contributed by atoms with van der Waals surface area (Å²) < 4.78 is 5.93. The van der Waals surface area contributed by atoms with Crippen molar-refractivity contribution in [2.45, 2.75) is 32.3 Å². The monoisotopic (exact) mass is 330 g/mol. The molecule has 0 aliphatic heterocycles. The Hall–Kier alpha value is -2.38. The fraction of sp³-hybridized carbons (Fsp3) is 0.250. The highest BCUT2D eigenvalue weighted by atomic mass is 16.5. The molecule has 0 aromatic heterocycles. The van der Waals surface area contributed by atoms with Gasteiger partial charge in [0.15, 0.2) is 0 Å². The average Bonchev–Trinajstić information content (AvgIpc) is 2.67. The van der Waals surface area contributed by atoms with E-state index in [1.165, 1.54) is 22.3 Å². The van der Waals surface area contributed by atoms with Crippen LogP contribution in [0.25, 0.3) is 0 Å². The molecule has 0 aliphatic carbocycles. The molecule has 0 saturated carbocycles. The predicted molar refractivity (Wildman–Crippen MR) is 105 cm³/mol. The molecule has 3 aromatic rings. The fourth-order valence-corrected chi connectivity index (χ4v) is 3.11. The van der Waals surface area contributed by atoms with Crippen LogP contribution in [0.15, 0.2) is 84.9 Å². The Morgan fingerprint density at radius 2 is 1.32 bits per heavy atom. The van der Waals surface area contributed by atoms with Crippen LogP contribution in [0.5, 0.6) is 0 Å². The molecular weight excluding hydrogens is 304 g/mol. The van der Waals surface area contributed by atoms with Crippen LogP contribution >= 0.6 is 0 Å². The first kappa shape index (κ1) is 17.4. The number of hydrogen-bond acceptors (Lipinski definition) is 1. The van der Waals surface area contributed by atoms with Crippen molar-refractivity contribution in [3.05, 3.63) is 107 Å². The molecule has 3 aromatic carbocycles. The van der Waals surface area contributed by atoms with Gasteiger partial charge in [-0.3, -0.25) is 0 Å². The summed E-state index contributed by atoms with van der Waals surface area (Å²) in [6.07, 6.45) is 2.09. The van der Waals surface area contributed by atoms with E-state index in [0.717, 1.165) is 19.4 Å². The molecule has 3 rings (SSSR count). The molecule has 0 amide bonds. The Morgan fingerprint density at radius 1 is 0.720 bits per heavy atom. The summed E-state index contributed by atoms with van der Waals surface area (Å²) in [5, 5.41) is 0. The van der Waals surface area contributed by atoms with Crippen LogP contribution in [0.3, 0.4) is 0 Å². The van der Waals surface area contributed by atoms with Gasteiger partial charge in [-0.1, -0.05) is 90.5 Å². The van der Waals surface area contributed by atoms with Crippen molar-refractivity contribution in [2.75, 3.05) is 6.61 Å². The van der Waals surface area contributed by atoms with E-state index in [9.17, 15) is 0 Å². The summed E-state index contributed by atoms with van der Waals surface area (Å²) in [5.74, 6) is 0.485. The van der Waals surface area contributed by atoms with Crippen molar-refractivity contribution in [3.8, 4) is 0 Å². The van der Waals surface area contributed by atoms with E-state index in [0.29, 0.717) is 12.5 Å². The Labute approximate surface area is 151 Å². The second kappa shape index (κ2) is 9.19. The highest BCUT2D eigenvalue weighted by Gasteiger charge is 2.12. The van der Waals surface area contributed by atoms with Crippen LogP contribution in [0.2, 0.25) is 0 Å². The molecule has 0 N–H and O–H groups in total. The number of rotatable bonds is 8. The summed E-state index contributed by atoms with van der Waals surface area (Å²) >= 11 is 0. The van der Waals surface area contributed by atoms with Crippen molar-refractivity contribution < 1.29 is 4.74 Å². The SMILES string of the molecule is Cc1ccc([C@H](CCOCc2ccccc2)Cc2ccccc2)cc1. The van der Waals surface area contributed by atoms with E-state index >= 15 is 0 Å². The standard InChI is InChI=1S/C24H26O/c1-20-12-14-23(15-13-20)24(18-21-8-4-2-5-9-21)16-17-25-19-22-10-6-3-7-11-22/h2-15,24H,16-19H2,1H3/t24-/m1/s1. The van der Waals surface area contributed by atoms with Gasteiger partial charge in [-0.05, 0) is 42.4 Å². The average molecular weight is 330 g/mol. The Bertz CT molecular complexity index is 732. The molecule has 0 fully saturated rings. The van der Waals surface area contributed by atoms with E-state index in [2.05, 4.69) is 85.8 Å². The van der Waals surface area contributed by atoms with Gasteiger partial charge in [-0.15, -0.1) is 0 Å². The van der Waals surface area contributed by atoms with Crippen molar-refractivity contribution in [1.82, 2.24) is 0 Å². The lowest BCUT2D eigenvalue weighted by Gasteiger charge is -2.18. The summed E-state index contributed by atoms with van der Waals surface area (Å²) in [6.45, 7) is 3.60. The summed E-state index contributed by atoms with van der Waals surface area (Å²) in [7, 11) is 0. The molecule has 1 heteroatoms. The van der Waals surface area contributed by atoms with E-state index in [1.807, 2.05) is 6.07 Å². The van der Waals surface area contributed by atoms with Crippen molar-refractivity contribution >= 4 is 0 Å². The van der Waals surface area contributed by atoms with Gasteiger partial charge >= 0.3 is 0 Å². The molecule has 25 heavy (non-hydrogen) atoms. The van der Waals surface area contributed by atoms with Gasteiger partial charge in [0.05, 0.1) is 6.61 Å². The lowest BCUT2D eigenvalue weighted by atomic mass is 9.89. The topological polar surface area (TPSA) is 9.23 Å². The van der Waals surface area contributed by atoms with Crippen LogP contribution < -0.4 is 0 Å². The largest absolute Gasteiger partial charge is 0.377 e. The third-order valence-corrected chi connectivity index (χ3v) is 4.60.